The Hall–Kier alpha value is -2.04. The predicted molar refractivity (Wildman–Crippen MR) is 57.5 cm³/mol. The van der Waals surface area contributed by atoms with Crippen molar-refractivity contribution in [1.82, 2.24) is 5.32 Å². The van der Waals surface area contributed by atoms with Gasteiger partial charge in [-0.1, -0.05) is 0 Å². The number of rotatable bonds is 5. The second kappa shape index (κ2) is 5.75. The molecule has 5 heteroatoms. The SMILES string of the molecule is COc1ccc(OC)c(CNC(=O)C=O)c1. The van der Waals surface area contributed by atoms with E-state index >= 15 is 0 Å². The molecule has 0 aromatic heterocycles. The number of hydrogen-bond acceptors (Lipinski definition) is 4. The third-order valence-corrected chi connectivity index (χ3v) is 2.05. The number of carbonyl (C=O) groups excluding carboxylic acids is 2. The average molecular weight is 223 g/mol. The number of carbonyl (C=O) groups is 2. The number of hydrogen-bond donors (Lipinski definition) is 1. The summed E-state index contributed by atoms with van der Waals surface area (Å²) in [5, 5.41) is 2.43. The van der Waals surface area contributed by atoms with E-state index in [0.29, 0.717) is 11.5 Å². The number of amides is 1. The molecule has 0 saturated heterocycles. The maximum atomic E-state index is 10.8. The topological polar surface area (TPSA) is 64.6 Å². The van der Waals surface area contributed by atoms with Crippen LogP contribution in [0, 0.1) is 0 Å². The summed E-state index contributed by atoms with van der Waals surface area (Å²) < 4.78 is 10.2. The summed E-state index contributed by atoms with van der Waals surface area (Å²) in [7, 11) is 3.09. The van der Waals surface area contributed by atoms with Gasteiger partial charge in [0.1, 0.15) is 11.5 Å². The number of ether oxygens (including phenoxy) is 2. The number of nitrogens with one attached hydrogen (secondary N) is 1. The fraction of sp³-hybridized carbons (Fsp3) is 0.273. The van der Waals surface area contributed by atoms with Gasteiger partial charge in [0.05, 0.1) is 14.2 Å². The van der Waals surface area contributed by atoms with E-state index in [9.17, 15) is 9.59 Å². The van der Waals surface area contributed by atoms with Crippen molar-refractivity contribution < 1.29 is 19.1 Å². The van der Waals surface area contributed by atoms with Gasteiger partial charge in [-0.25, -0.2) is 0 Å². The van der Waals surface area contributed by atoms with E-state index in [0.717, 1.165) is 5.56 Å². The van der Waals surface area contributed by atoms with Crippen molar-refractivity contribution in [2.75, 3.05) is 14.2 Å². The molecule has 0 saturated carbocycles. The van der Waals surface area contributed by atoms with Crippen LogP contribution in [0.2, 0.25) is 0 Å². The van der Waals surface area contributed by atoms with Gasteiger partial charge in [0, 0.05) is 12.1 Å². The van der Waals surface area contributed by atoms with Crippen LogP contribution in [0.4, 0.5) is 0 Å². The quantitative estimate of drug-likeness (QED) is 0.583. The molecule has 86 valence electrons. The summed E-state index contributed by atoms with van der Waals surface area (Å²) in [6, 6.07) is 5.23. The Kier molecular flexibility index (Phi) is 4.32. The van der Waals surface area contributed by atoms with E-state index in [2.05, 4.69) is 5.32 Å². The van der Waals surface area contributed by atoms with E-state index in [1.165, 1.54) is 7.11 Å². The summed E-state index contributed by atoms with van der Waals surface area (Å²) in [6.45, 7) is 0.220. The third kappa shape index (κ3) is 2.98. The van der Waals surface area contributed by atoms with Crippen LogP contribution in [-0.2, 0) is 16.1 Å². The van der Waals surface area contributed by atoms with Gasteiger partial charge in [-0.05, 0) is 18.2 Å². The van der Waals surface area contributed by atoms with Gasteiger partial charge in [0.2, 0.25) is 6.29 Å². The number of methoxy groups -OCH3 is 2. The highest BCUT2D eigenvalue weighted by atomic mass is 16.5. The molecule has 0 fully saturated rings. The highest BCUT2D eigenvalue weighted by molar-refractivity contribution is 6.23. The van der Waals surface area contributed by atoms with Gasteiger partial charge in [-0.2, -0.15) is 0 Å². The van der Waals surface area contributed by atoms with Gasteiger partial charge in [0.25, 0.3) is 5.91 Å². The fourth-order valence-corrected chi connectivity index (χ4v) is 1.24. The highest BCUT2D eigenvalue weighted by Gasteiger charge is 2.06. The van der Waals surface area contributed by atoms with Crippen molar-refractivity contribution >= 4 is 12.2 Å². The molecular weight excluding hydrogens is 210 g/mol. The highest BCUT2D eigenvalue weighted by Crippen LogP contribution is 2.23. The van der Waals surface area contributed by atoms with Crippen molar-refractivity contribution in [2.45, 2.75) is 6.54 Å². The fourth-order valence-electron chi connectivity index (χ4n) is 1.24. The largest absolute Gasteiger partial charge is 0.497 e. The zero-order valence-electron chi connectivity index (χ0n) is 9.15. The minimum atomic E-state index is -0.662. The number of benzene rings is 1. The lowest BCUT2D eigenvalue weighted by Gasteiger charge is -2.10. The Morgan fingerprint density at radius 3 is 2.69 bits per heavy atom. The number of aldehydes is 1. The van der Waals surface area contributed by atoms with Crippen LogP contribution < -0.4 is 14.8 Å². The first kappa shape index (κ1) is 12.0. The van der Waals surface area contributed by atoms with Gasteiger partial charge in [-0.3, -0.25) is 9.59 Å². The molecule has 0 aliphatic heterocycles. The Morgan fingerprint density at radius 1 is 1.38 bits per heavy atom. The van der Waals surface area contributed by atoms with E-state index in [4.69, 9.17) is 9.47 Å². The van der Waals surface area contributed by atoms with E-state index in [-0.39, 0.29) is 12.8 Å². The third-order valence-electron chi connectivity index (χ3n) is 2.05. The van der Waals surface area contributed by atoms with Gasteiger partial charge >= 0.3 is 0 Å². The lowest BCUT2D eigenvalue weighted by molar-refractivity contribution is -0.131. The second-order valence-corrected chi connectivity index (χ2v) is 3.01. The average Bonchev–Trinajstić information content (AvgIpc) is 2.35. The molecule has 1 aromatic carbocycles. The lowest BCUT2D eigenvalue weighted by Crippen LogP contribution is -2.23. The molecule has 0 radical (unpaired) electrons. The lowest BCUT2D eigenvalue weighted by atomic mass is 10.2. The molecule has 0 aliphatic carbocycles. The standard InChI is InChI=1S/C11H13NO4/c1-15-9-3-4-10(16-2)8(5-9)6-12-11(14)7-13/h3-5,7H,6H2,1-2H3,(H,12,14). The van der Waals surface area contributed by atoms with Crippen LogP contribution in [0.5, 0.6) is 11.5 Å². The first-order valence-corrected chi connectivity index (χ1v) is 4.65. The Labute approximate surface area is 93.4 Å². The molecule has 0 spiro atoms. The summed E-state index contributed by atoms with van der Waals surface area (Å²) in [4.78, 5) is 20.9. The van der Waals surface area contributed by atoms with Crippen molar-refractivity contribution in [1.29, 1.82) is 0 Å². The molecule has 1 amide bonds. The first-order chi connectivity index (χ1) is 7.71. The Bertz CT molecular complexity index is 390. The maximum absolute atomic E-state index is 10.8. The zero-order chi connectivity index (χ0) is 12.0. The maximum Gasteiger partial charge on any atom is 0.284 e. The van der Waals surface area contributed by atoms with Crippen molar-refractivity contribution in [3.8, 4) is 11.5 Å². The van der Waals surface area contributed by atoms with E-state index < -0.39 is 5.91 Å². The summed E-state index contributed by atoms with van der Waals surface area (Å²) in [6.07, 6.45) is 0.229. The predicted octanol–water partition coefficient (Wildman–Crippen LogP) is 0.519. The summed E-state index contributed by atoms with van der Waals surface area (Å²) >= 11 is 0. The van der Waals surface area contributed by atoms with Crippen LogP contribution in [0.15, 0.2) is 18.2 Å². The molecule has 0 atom stereocenters. The van der Waals surface area contributed by atoms with Crippen LogP contribution >= 0.6 is 0 Å². The van der Waals surface area contributed by atoms with Gasteiger partial charge < -0.3 is 14.8 Å². The van der Waals surface area contributed by atoms with Crippen molar-refractivity contribution in [3.05, 3.63) is 23.8 Å². The molecule has 1 rings (SSSR count). The summed E-state index contributed by atoms with van der Waals surface area (Å²) in [5.41, 5.74) is 0.747. The molecule has 5 nitrogen and oxygen atoms in total. The Morgan fingerprint density at radius 2 is 2.12 bits per heavy atom. The van der Waals surface area contributed by atoms with Crippen LogP contribution in [0.1, 0.15) is 5.56 Å². The molecule has 0 bridgehead atoms. The molecule has 0 unspecified atom stereocenters. The van der Waals surface area contributed by atoms with Crippen molar-refractivity contribution in [2.24, 2.45) is 0 Å². The normalized spacial score (nSPS) is 9.38. The minimum absolute atomic E-state index is 0.220. The van der Waals surface area contributed by atoms with Crippen molar-refractivity contribution in [3.63, 3.8) is 0 Å². The van der Waals surface area contributed by atoms with Gasteiger partial charge in [0.15, 0.2) is 0 Å². The van der Waals surface area contributed by atoms with Crippen LogP contribution in [0.3, 0.4) is 0 Å². The molecule has 16 heavy (non-hydrogen) atoms. The first-order valence-electron chi connectivity index (χ1n) is 4.65. The molecule has 0 aliphatic rings. The van der Waals surface area contributed by atoms with Crippen LogP contribution in [-0.4, -0.2) is 26.4 Å². The Balaban J connectivity index is 2.82. The molecular formula is C11H13NO4. The smallest absolute Gasteiger partial charge is 0.284 e. The second-order valence-electron chi connectivity index (χ2n) is 3.01. The van der Waals surface area contributed by atoms with Gasteiger partial charge in [-0.15, -0.1) is 0 Å². The monoisotopic (exact) mass is 223 g/mol. The molecule has 0 heterocycles. The summed E-state index contributed by atoms with van der Waals surface area (Å²) in [5.74, 6) is 0.632. The zero-order valence-corrected chi connectivity index (χ0v) is 9.15. The molecule has 1 N–H and O–H groups in total. The van der Waals surface area contributed by atoms with Crippen LogP contribution in [0.25, 0.3) is 0 Å². The minimum Gasteiger partial charge on any atom is -0.497 e. The van der Waals surface area contributed by atoms with E-state index in [1.807, 2.05) is 0 Å². The molecule has 1 aromatic rings. The van der Waals surface area contributed by atoms with E-state index in [1.54, 1.807) is 25.3 Å².